The molecule has 2 N–H and O–H groups in total. The minimum absolute atomic E-state index is 0.0148. The van der Waals surface area contributed by atoms with Crippen molar-refractivity contribution in [1.29, 1.82) is 0 Å². The van der Waals surface area contributed by atoms with Gasteiger partial charge in [0, 0.05) is 24.3 Å². The van der Waals surface area contributed by atoms with Crippen LogP contribution < -0.4 is 5.32 Å². The maximum absolute atomic E-state index is 12.0. The number of ether oxygens (including phenoxy) is 1. The first-order valence-electron chi connectivity index (χ1n) is 6.79. The molecule has 20 heavy (non-hydrogen) atoms. The van der Waals surface area contributed by atoms with E-state index in [2.05, 4.69) is 17.2 Å². The second-order valence-corrected chi connectivity index (χ2v) is 4.85. The molecule has 1 aliphatic heterocycles. The minimum atomic E-state index is -0.0423. The highest BCUT2D eigenvalue weighted by Gasteiger charge is 2.23. The lowest BCUT2D eigenvalue weighted by Gasteiger charge is -2.10. The van der Waals surface area contributed by atoms with E-state index in [9.17, 15) is 4.79 Å². The zero-order valence-electron chi connectivity index (χ0n) is 11.6. The van der Waals surface area contributed by atoms with Crippen LogP contribution in [0.5, 0.6) is 0 Å². The van der Waals surface area contributed by atoms with Crippen LogP contribution in [0.1, 0.15) is 24.0 Å². The molecule has 2 rings (SSSR count). The van der Waals surface area contributed by atoms with Crippen LogP contribution in [0.15, 0.2) is 18.2 Å². The number of rotatable bonds is 3. The number of aryl methyl sites for hydroxylation is 1. The maximum atomic E-state index is 12.0. The number of carbonyl (C=O) groups excluding carboxylic acids is 1. The number of benzene rings is 1. The van der Waals surface area contributed by atoms with Crippen LogP contribution in [0.3, 0.4) is 0 Å². The first kappa shape index (κ1) is 14.6. The fourth-order valence-electron chi connectivity index (χ4n) is 2.08. The molecule has 0 spiro atoms. The van der Waals surface area contributed by atoms with E-state index in [-0.39, 0.29) is 18.4 Å². The van der Waals surface area contributed by atoms with Crippen molar-refractivity contribution in [3.8, 4) is 11.8 Å². The van der Waals surface area contributed by atoms with Gasteiger partial charge < -0.3 is 15.2 Å². The third kappa shape index (κ3) is 3.83. The van der Waals surface area contributed by atoms with Gasteiger partial charge >= 0.3 is 0 Å². The number of aliphatic hydroxyl groups is 1. The lowest BCUT2D eigenvalue weighted by Crippen LogP contribution is -2.22. The van der Waals surface area contributed by atoms with Crippen LogP contribution in [0.4, 0.5) is 5.69 Å². The lowest BCUT2D eigenvalue weighted by atomic mass is 10.1. The summed E-state index contributed by atoms with van der Waals surface area (Å²) in [6.45, 7) is 3.20. The highest BCUT2D eigenvalue weighted by Crippen LogP contribution is 2.18. The van der Waals surface area contributed by atoms with Crippen molar-refractivity contribution in [3.63, 3.8) is 0 Å². The van der Waals surface area contributed by atoms with E-state index in [1.165, 1.54) is 0 Å². The Morgan fingerprint density at radius 1 is 1.55 bits per heavy atom. The number of carbonyl (C=O) groups is 1. The quantitative estimate of drug-likeness (QED) is 0.824. The van der Waals surface area contributed by atoms with Gasteiger partial charge in [-0.25, -0.2) is 0 Å². The number of anilines is 1. The Morgan fingerprint density at radius 3 is 3.05 bits per heavy atom. The van der Waals surface area contributed by atoms with Gasteiger partial charge in [0.2, 0.25) is 5.91 Å². The largest absolute Gasteiger partial charge is 0.395 e. The number of nitrogens with one attached hydrogen (secondary N) is 1. The Labute approximate surface area is 119 Å². The molecule has 1 aliphatic rings. The van der Waals surface area contributed by atoms with Crippen molar-refractivity contribution in [2.45, 2.75) is 19.8 Å². The smallest absolute Gasteiger partial charge is 0.229 e. The van der Waals surface area contributed by atoms with E-state index >= 15 is 0 Å². The molecule has 1 aromatic carbocycles. The van der Waals surface area contributed by atoms with E-state index in [4.69, 9.17) is 9.84 Å². The molecule has 1 atom stereocenters. The third-order valence-corrected chi connectivity index (χ3v) is 3.25. The van der Waals surface area contributed by atoms with E-state index in [0.717, 1.165) is 23.2 Å². The minimum Gasteiger partial charge on any atom is -0.395 e. The molecule has 1 heterocycles. The first-order valence-corrected chi connectivity index (χ1v) is 6.79. The van der Waals surface area contributed by atoms with Crippen molar-refractivity contribution in [1.82, 2.24) is 0 Å². The summed E-state index contributed by atoms with van der Waals surface area (Å²) < 4.78 is 5.21. The molecular weight excluding hydrogens is 254 g/mol. The molecule has 0 radical (unpaired) electrons. The molecule has 0 aliphatic carbocycles. The van der Waals surface area contributed by atoms with Gasteiger partial charge in [0.15, 0.2) is 0 Å². The van der Waals surface area contributed by atoms with Crippen molar-refractivity contribution in [3.05, 3.63) is 29.3 Å². The van der Waals surface area contributed by atoms with E-state index < -0.39 is 0 Å². The van der Waals surface area contributed by atoms with Crippen LogP contribution in [0.2, 0.25) is 0 Å². The first-order chi connectivity index (χ1) is 9.70. The molecule has 0 aromatic heterocycles. The molecule has 106 valence electrons. The molecule has 1 aromatic rings. The van der Waals surface area contributed by atoms with Gasteiger partial charge in [-0.3, -0.25) is 4.79 Å². The number of aliphatic hydroxyl groups excluding tert-OH is 1. The van der Waals surface area contributed by atoms with Crippen LogP contribution in [0.25, 0.3) is 0 Å². The van der Waals surface area contributed by atoms with E-state index in [1.54, 1.807) is 0 Å². The summed E-state index contributed by atoms with van der Waals surface area (Å²) >= 11 is 0. The molecule has 1 unspecified atom stereocenters. The number of hydrogen-bond acceptors (Lipinski definition) is 3. The van der Waals surface area contributed by atoms with Crippen LogP contribution in [-0.4, -0.2) is 30.8 Å². The summed E-state index contributed by atoms with van der Waals surface area (Å²) in [6, 6.07) is 5.65. The fraction of sp³-hybridized carbons (Fsp3) is 0.438. The lowest BCUT2D eigenvalue weighted by molar-refractivity contribution is -0.119. The second-order valence-electron chi connectivity index (χ2n) is 4.85. The predicted molar refractivity (Wildman–Crippen MR) is 77.3 cm³/mol. The van der Waals surface area contributed by atoms with Gasteiger partial charge in [-0.05, 0) is 37.1 Å². The summed E-state index contributed by atoms with van der Waals surface area (Å²) in [5, 5.41) is 11.6. The summed E-state index contributed by atoms with van der Waals surface area (Å²) in [5.41, 5.74) is 2.71. The molecule has 1 saturated heterocycles. The topological polar surface area (TPSA) is 58.6 Å². The Morgan fingerprint density at radius 2 is 2.40 bits per heavy atom. The molecule has 0 bridgehead atoms. The Hall–Kier alpha value is -1.83. The van der Waals surface area contributed by atoms with Gasteiger partial charge in [0.25, 0.3) is 0 Å². The molecule has 4 nitrogen and oxygen atoms in total. The zero-order valence-corrected chi connectivity index (χ0v) is 11.6. The van der Waals surface area contributed by atoms with Gasteiger partial charge in [-0.2, -0.15) is 0 Å². The van der Waals surface area contributed by atoms with Gasteiger partial charge in [-0.1, -0.05) is 11.8 Å². The maximum Gasteiger partial charge on any atom is 0.229 e. The molecule has 1 fully saturated rings. The molecule has 4 heteroatoms. The standard InChI is InChI=1S/C16H19NO3/c1-12-10-15(6-5-13(12)4-2-3-8-18)17-16(19)14-7-9-20-11-14/h5-6,10,14,18H,3,7-9,11H2,1H3,(H,17,19). The van der Waals surface area contributed by atoms with E-state index in [1.807, 2.05) is 25.1 Å². The fourth-order valence-corrected chi connectivity index (χ4v) is 2.08. The molecular formula is C16H19NO3. The van der Waals surface area contributed by atoms with Gasteiger partial charge in [0.05, 0.1) is 19.1 Å². The predicted octanol–water partition coefficient (Wildman–Crippen LogP) is 1.70. The average Bonchev–Trinajstić information content (AvgIpc) is 2.95. The normalized spacial score (nSPS) is 17.4. The summed E-state index contributed by atoms with van der Waals surface area (Å²) in [4.78, 5) is 12.0. The van der Waals surface area contributed by atoms with Crippen molar-refractivity contribution >= 4 is 11.6 Å². The zero-order chi connectivity index (χ0) is 14.4. The third-order valence-electron chi connectivity index (χ3n) is 3.25. The number of hydrogen-bond donors (Lipinski definition) is 2. The highest BCUT2D eigenvalue weighted by molar-refractivity contribution is 5.92. The Balaban J connectivity index is 2.01. The highest BCUT2D eigenvalue weighted by atomic mass is 16.5. The van der Waals surface area contributed by atoms with E-state index in [0.29, 0.717) is 19.6 Å². The molecule has 0 saturated carbocycles. The Kier molecular flexibility index (Phi) is 5.16. The molecule has 1 amide bonds. The van der Waals surface area contributed by atoms with Crippen molar-refractivity contribution in [2.24, 2.45) is 5.92 Å². The van der Waals surface area contributed by atoms with Gasteiger partial charge in [0.1, 0.15) is 0 Å². The van der Waals surface area contributed by atoms with Crippen molar-refractivity contribution < 1.29 is 14.6 Å². The average molecular weight is 273 g/mol. The number of amides is 1. The van der Waals surface area contributed by atoms with Crippen LogP contribution in [0, 0.1) is 24.7 Å². The van der Waals surface area contributed by atoms with Crippen molar-refractivity contribution in [2.75, 3.05) is 25.1 Å². The summed E-state index contributed by atoms with van der Waals surface area (Å²) in [7, 11) is 0. The summed E-state index contributed by atoms with van der Waals surface area (Å²) in [6.07, 6.45) is 1.26. The SMILES string of the molecule is Cc1cc(NC(=O)C2CCOC2)ccc1C#CCCO. The monoisotopic (exact) mass is 273 g/mol. The van der Waals surface area contributed by atoms with Gasteiger partial charge in [-0.15, -0.1) is 0 Å². The van der Waals surface area contributed by atoms with Crippen LogP contribution >= 0.6 is 0 Å². The van der Waals surface area contributed by atoms with Crippen LogP contribution in [-0.2, 0) is 9.53 Å². The Bertz CT molecular complexity index is 536. The summed E-state index contributed by atoms with van der Waals surface area (Å²) in [5.74, 6) is 5.87. The second kappa shape index (κ2) is 7.09.